The monoisotopic (exact) mass is 855 g/mol. The Morgan fingerprint density at radius 2 is 1.15 bits per heavy atom. The molecule has 0 bridgehead atoms. The average molecular weight is 855 g/mol. The van der Waals surface area contributed by atoms with Gasteiger partial charge in [0, 0.05) is 12.8 Å². The van der Waals surface area contributed by atoms with Gasteiger partial charge in [0.25, 0.3) is 0 Å². The molecule has 0 fully saturated rings. The third-order valence-corrected chi connectivity index (χ3v) is 9.93. The van der Waals surface area contributed by atoms with Crippen LogP contribution in [-0.4, -0.2) is 88.1 Å². The van der Waals surface area contributed by atoms with Gasteiger partial charge in [-0.15, -0.1) is 0 Å². The van der Waals surface area contributed by atoms with Crippen molar-refractivity contribution in [2.75, 3.05) is 26.4 Å². The second kappa shape index (κ2) is 39.5. The molecule has 0 aromatic heterocycles. The molecule has 1 unspecified atom stereocenters. The van der Waals surface area contributed by atoms with E-state index in [4.69, 9.17) is 19.1 Å². The Balaban J connectivity index is 4.52. The minimum Gasteiger partial charge on any atom is -0.462 e. The summed E-state index contributed by atoms with van der Waals surface area (Å²) in [7, 11) is -4.66. The number of aliphatic hydroxyl groups is 4. The van der Waals surface area contributed by atoms with Crippen LogP contribution in [0.5, 0.6) is 0 Å². The number of carbonyl (C=O) groups excluding carboxylic acids is 2. The number of hydrogen-bond acceptors (Lipinski definition) is 11. The van der Waals surface area contributed by atoms with E-state index >= 15 is 0 Å². The molecule has 0 saturated heterocycles. The van der Waals surface area contributed by atoms with Gasteiger partial charge in [0.15, 0.2) is 6.10 Å². The van der Waals surface area contributed by atoms with Crippen molar-refractivity contribution in [2.24, 2.45) is 5.92 Å². The van der Waals surface area contributed by atoms with Gasteiger partial charge in [-0.1, -0.05) is 171 Å². The molecular weight excluding hydrogens is 775 g/mol. The summed E-state index contributed by atoms with van der Waals surface area (Å²) in [6, 6.07) is 0. The molecule has 13 heteroatoms. The Kier molecular flexibility index (Phi) is 37.7. The van der Waals surface area contributed by atoms with Crippen LogP contribution in [0.3, 0.4) is 0 Å². The van der Waals surface area contributed by atoms with Gasteiger partial charge in [0.1, 0.15) is 12.7 Å². The molecule has 59 heavy (non-hydrogen) atoms. The number of esters is 2. The molecule has 0 saturated carbocycles. The number of unbranched alkanes of at least 4 members (excludes halogenated alkanes) is 11. The first-order valence-corrected chi connectivity index (χ1v) is 23.5. The minimum absolute atomic E-state index is 0.0575. The topological polar surface area (TPSA) is 189 Å². The lowest BCUT2D eigenvalue weighted by Crippen LogP contribution is -2.29. The fourth-order valence-electron chi connectivity index (χ4n) is 5.55. The molecule has 0 amide bonds. The van der Waals surface area contributed by atoms with Crippen LogP contribution < -0.4 is 0 Å². The average Bonchev–Trinajstić information content (AvgIpc) is 3.20. The molecule has 0 aromatic rings. The number of carbonyl (C=O) groups is 2. The maximum atomic E-state index is 12.6. The fourth-order valence-corrected chi connectivity index (χ4v) is 6.34. The van der Waals surface area contributed by atoms with Crippen molar-refractivity contribution in [1.82, 2.24) is 0 Å². The predicted octanol–water partition coefficient (Wildman–Crippen LogP) is 9.47. The third kappa shape index (κ3) is 40.5. The number of rotatable bonds is 39. The Hall–Kier alpha value is -2.67. The molecule has 5 N–H and O–H groups in total. The van der Waals surface area contributed by atoms with Gasteiger partial charge in [0.05, 0.1) is 32.0 Å². The van der Waals surface area contributed by atoms with Gasteiger partial charge < -0.3 is 34.8 Å². The van der Waals surface area contributed by atoms with Crippen LogP contribution in [0.15, 0.2) is 72.9 Å². The fraction of sp³-hybridized carbons (Fsp3) is 0.696. The summed E-state index contributed by atoms with van der Waals surface area (Å²) in [4.78, 5) is 35.0. The van der Waals surface area contributed by atoms with E-state index in [0.717, 1.165) is 31.6 Å². The normalized spacial score (nSPS) is 15.7. The van der Waals surface area contributed by atoms with E-state index in [9.17, 15) is 34.4 Å². The highest BCUT2D eigenvalue weighted by Gasteiger charge is 2.27. The summed E-state index contributed by atoms with van der Waals surface area (Å²) in [5, 5.41) is 38.3. The zero-order valence-electron chi connectivity index (χ0n) is 36.3. The summed E-state index contributed by atoms with van der Waals surface area (Å²) in [6.07, 6.45) is 36.7. The first-order chi connectivity index (χ1) is 28.4. The van der Waals surface area contributed by atoms with Crippen LogP contribution >= 0.6 is 7.82 Å². The summed E-state index contributed by atoms with van der Waals surface area (Å²) in [6.45, 7) is 4.29. The number of ether oxygens (including phenoxy) is 2. The van der Waals surface area contributed by atoms with E-state index in [-0.39, 0.29) is 12.8 Å². The maximum absolute atomic E-state index is 12.6. The molecule has 0 rings (SSSR count). The molecule has 0 aliphatic heterocycles. The molecule has 0 radical (unpaired) electrons. The highest BCUT2D eigenvalue weighted by atomic mass is 31.2. The lowest BCUT2D eigenvalue weighted by atomic mass is 10.0. The quantitative estimate of drug-likeness (QED) is 0.0130. The third-order valence-electron chi connectivity index (χ3n) is 8.98. The van der Waals surface area contributed by atoms with E-state index in [0.29, 0.717) is 32.1 Å². The van der Waals surface area contributed by atoms with E-state index < -0.39 is 70.6 Å². The molecule has 0 aromatic carbocycles. The minimum atomic E-state index is -4.66. The Labute approximate surface area is 355 Å². The Morgan fingerprint density at radius 3 is 1.71 bits per heavy atom. The number of phosphoric acid groups is 1. The molecule has 0 heterocycles. The van der Waals surface area contributed by atoms with Crippen molar-refractivity contribution in [3.8, 4) is 0 Å². The van der Waals surface area contributed by atoms with Crippen LogP contribution in [0.2, 0.25) is 0 Å². The lowest BCUT2D eigenvalue weighted by molar-refractivity contribution is -0.161. The SMILES string of the molecule is CC/C=C\C[C@@H](O)/C=C/C=C\C=C\[C@@H](O)C/C=C\C/C=C\CCC(=O)OC[C@H](COP(=O)(O)OC[C@@H](O)CO)OC(=O)CCCCCCCCCCCCCCC(C)C. The summed E-state index contributed by atoms with van der Waals surface area (Å²) in [5.74, 6) is -0.303. The van der Waals surface area contributed by atoms with Gasteiger partial charge in [-0.05, 0) is 44.4 Å². The second-order valence-electron chi connectivity index (χ2n) is 15.2. The Bertz CT molecular complexity index is 1260. The summed E-state index contributed by atoms with van der Waals surface area (Å²) < 4.78 is 32.6. The van der Waals surface area contributed by atoms with Crippen LogP contribution in [-0.2, 0) is 32.7 Å². The second-order valence-corrected chi connectivity index (χ2v) is 16.7. The predicted molar refractivity (Wildman–Crippen MR) is 235 cm³/mol. The molecule has 12 nitrogen and oxygen atoms in total. The van der Waals surface area contributed by atoms with Crippen molar-refractivity contribution in [3.05, 3.63) is 72.9 Å². The number of phosphoric ester groups is 1. The highest BCUT2D eigenvalue weighted by molar-refractivity contribution is 7.47. The van der Waals surface area contributed by atoms with E-state index in [1.807, 2.05) is 43.4 Å². The zero-order chi connectivity index (χ0) is 43.8. The van der Waals surface area contributed by atoms with Gasteiger partial charge in [-0.25, -0.2) is 4.57 Å². The number of allylic oxidation sites excluding steroid dienone is 8. The zero-order valence-corrected chi connectivity index (χ0v) is 37.2. The first-order valence-electron chi connectivity index (χ1n) is 22.0. The van der Waals surface area contributed by atoms with E-state index in [2.05, 4.69) is 18.4 Å². The highest BCUT2D eigenvalue weighted by Crippen LogP contribution is 2.43. The standard InChI is InChI=1S/C46H79O12P/c1-4-5-22-30-41(48)32-25-20-21-26-33-42(49)31-24-17-14-15-18-27-34-45(51)55-38-44(39-57-59(53,54)56-37-43(50)36-47)58-46(52)35-28-19-13-11-9-7-6-8-10-12-16-23-29-40(2)3/h5,15,17-18,20-22,24-26,32-33,40-44,47-50H,4,6-14,16,19,23,27-31,34-39H2,1-3H3,(H,53,54)/b18-15-,21-20-,22-5-,24-17-,32-25+,33-26+/t41-,42+,43+,44-/m1/s1. The molecule has 0 aliphatic rings. The number of aliphatic hydroxyl groups excluding tert-OH is 4. The van der Waals surface area contributed by atoms with Crippen LogP contribution in [0.4, 0.5) is 0 Å². The van der Waals surface area contributed by atoms with Crippen molar-refractivity contribution in [1.29, 1.82) is 0 Å². The smallest absolute Gasteiger partial charge is 0.462 e. The van der Waals surface area contributed by atoms with Crippen molar-refractivity contribution >= 4 is 19.8 Å². The van der Waals surface area contributed by atoms with Gasteiger partial charge in [-0.2, -0.15) is 0 Å². The van der Waals surface area contributed by atoms with Crippen LogP contribution in [0, 0.1) is 5.92 Å². The van der Waals surface area contributed by atoms with Gasteiger partial charge in [-0.3, -0.25) is 18.6 Å². The lowest BCUT2D eigenvalue weighted by Gasteiger charge is -2.20. The number of hydrogen-bond donors (Lipinski definition) is 5. The first kappa shape index (κ1) is 56.3. The molecule has 0 aliphatic carbocycles. The van der Waals surface area contributed by atoms with E-state index in [1.54, 1.807) is 36.5 Å². The summed E-state index contributed by atoms with van der Waals surface area (Å²) >= 11 is 0. The Morgan fingerprint density at radius 1 is 0.627 bits per heavy atom. The molecular formula is C46H79O12P. The summed E-state index contributed by atoms with van der Waals surface area (Å²) in [5.41, 5.74) is 0. The largest absolute Gasteiger partial charge is 0.472 e. The van der Waals surface area contributed by atoms with Gasteiger partial charge >= 0.3 is 19.8 Å². The molecule has 0 spiro atoms. The maximum Gasteiger partial charge on any atom is 0.472 e. The van der Waals surface area contributed by atoms with Gasteiger partial charge in [0.2, 0.25) is 0 Å². The van der Waals surface area contributed by atoms with Crippen LogP contribution in [0.25, 0.3) is 0 Å². The molecule has 340 valence electrons. The molecule has 5 atom stereocenters. The van der Waals surface area contributed by atoms with Crippen molar-refractivity contribution < 1.29 is 58.0 Å². The van der Waals surface area contributed by atoms with E-state index in [1.165, 1.54) is 57.8 Å². The van der Waals surface area contributed by atoms with Crippen molar-refractivity contribution in [3.63, 3.8) is 0 Å². The van der Waals surface area contributed by atoms with Crippen molar-refractivity contribution in [2.45, 2.75) is 174 Å². The van der Waals surface area contributed by atoms with Crippen LogP contribution in [0.1, 0.15) is 149 Å².